The van der Waals surface area contributed by atoms with Crippen LogP contribution in [-0.2, 0) is 9.59 Å². The van der Waals surface area contributed by atoms with Crippen LogP contribution in [0, 0.1) is 5.92 Å². The minimum atomic E-state index is -0.256. The molecular formula is C14H22N2O2. The van der Waals surface area contributed by atoms with Crippen molar-refractivity contribution in [3.63, 3.8) is 0 Å². The normalized spacial score (nSPS) is 31.4. The average Bonchev–Trinajstić information content (AvgIpc) is 2.91. The zero-order valence-corrected chi connectivity index (χ0v) is 11.0. The number of hydrogen-bond acceptors (Lipinski definition) is 3. The first-order chi connectivity index (χ1) is 8.66. The molecule has 100 valence electrons. The van der Waals surface area contributed by atoms with Crippen molar-refractivity contribution in [3.05, 3.63) is 0 Å². The summed E-state index contributed by atoms with van der Waals surface area (Å²) < 4.78 is 0. The van der Waals surface area contributed by atoms with E-state index in [1.807, 2.05) is 0 Å². The smallest absolute Gasteiger partial charge is 0.247 e. The van der Waals surface area contributed by atoms with Crippen molar-refractivity contribution in [2.24, 2.45) is 5.92 Å². The zero-order valence-electron chi connectivity index (χ0n) is 11.0. The number of hydrogen-bond donors (Lipinski definition) is 1. The average molecular weight is 250 g/mol. The predicted octanol–water partition coefficient (Wildman–Crippen LogP) is 1.44. The van der Waals surface area contributed by atoms with Crippen molar-refractivity contribution in [2.75, 3.05) is 0 Å². The van der Waals surface area contributed by atoms with Gasteiger partial charge in [-0.3, -0.25) is 14.5 Å². The molecule has 2 unspecified atom stereocenters. The summed E-state index contributed by atoms with van der Waals surface area (Å²) in [4.78, 5) is 25.5. The molecule has 0 aromatic heterocycles. The molecule has 0 aromatic carbocycles. The molecule has 2 aliphatic carbocycles. The maximum atomic E-state index is 12.2. The number of carbonyl (C=O) groups is 2. The van der Waals surface area contributed by atoms with Crippen LogP contribution in [0.2, 0.25) is 0 Å². The second kappa shape index (κ2) is 4.65. The van der Waals surface area contributed by atoms with E-state index in [1.165, 1.54) is 30.6 Å². The first kappa shape index (κ1) is 12.2. The monoisotopic (exact) mass is 250 g/mol. The maximum absolute atomic E-state index is 12.2. The third-order valence-corrected chi connectivity index (χ3v) is 4.67. The fourth-order valence-corrected chi connectivity index (χ4v) is 3.41. The largest absolute Gasteiger partial charge is 0.303 e. The second-order valence-electron chi connectivity index (χ2n) is 6.09. The standard InChI is InChI=1S/C14H22N2O2/c1-9(10-4-2-3-5-10)15-12-8-13(17)16(14(12)18)11-6-7-11/h9-12,15H,2-8H2,1H3. The third-order valence-electron chi connectivity index (χ3n) is 4.67. The van der Waals surface area contributed by atoms with Crippen LogP contribution in [0.15, 0.2) is 0 Å². The van der Waals surface area contributed by atoms with Gasteiger partial charge < -0.3 is 5.32 Å². The molecule has 1 N–H and O–H groups in total. The van der Waals surface area contributed by atoms with Crippen molar-refractivity contribution in [1.29, 1.82) is 0 Å². The molecule has 3 rings (SSSR count). The lowest BCUT2D eigenvalue weighted by Gasteiger charge is -2.23. The van der Waals surface area contributed by atoms with Gasteiger partial charge >= 0.3 is 0 Å². The molecule has 4 heteroatoms. The molecule has 18 heavy (non-hydrogen) atoms. The van der Waals surface area contributed by atoms with E-state index in [1.54, 1.807) is 0 Å². The minimum Gasteiger partial charge on any atom is -0.303 e. The molecule has 3 fully saturated rings. The molecular weight excluding hydrogens is 228 g/mol. The Morgan fingerprint density at radius 2 is 1.83 bits per heavy atom. The summed E-state index contributed by atoms with van der Waals surface area (Å²) in [5, 5.41) is 3.40. The van der Waals surface area contributed by atoms with Crippen LogP contribution >= 0.6 is 0 Å². The lowest BCUT2D eigenvalue weighted by atomic mass is 9.99. The number of amides is 2. The summed E-state index contributed by atoms with van der Waals surface area (Å²) in [5.74, 6) is 0.730. The Labute approximate surface area is 108 Å². The number of carbonyl (C=O) groups excluding carboxylic acids is 2. The Hall–Kier alpha value is -0.900. The third kappa shape index (κ3) is 2.18. The first-order valence-corrected chi connectivity index (χ1v) is 7.29. The number of nitrogens with zero attached hydrogens (tertiary/aromatic N) is 1. The number of nitrogens with one attached hydrogen (secondary N) is 1. The molecule has 1 heterocycles. The van der Waals surface area contributed by atoms with Crippen LogP contribution in [0.1, 0.15) is 51.9 Å². The lowest BCUT2D eigenvalue weighted by molar-refractivity contribution is -0.139. The highest BCUT2D eigenvalue weighted by atomic mass is 16.2. The summed E-state index contributed by atoms with van der Waals surface area (Å²) in [5.41, 5.74) is 0. The maximum Gasteiger partial charge on any atom is 0.247 e. The van der Waals surface area contributed by atoms with Crippen LogP contribution in [0.3, 0.4) is 0 Å². The quantitative estimate of drug-likeness (QED) is 0.768. The van der Waals surface area contributed by atoms with Gasteiger partial charge in [0, 0.05) is 12.1 Å². The lowest BCUT2D eigenvalue weighted by Crippen LogP contribution is -2.45. The van der Waals surface area contributed by atoms with Gasteiger partial charge in [-0.05, 0) is 38.5 Å². The molecule has 2 atom stereocenters. The topological polar surface area (TPSA) is 49.4 Å². The van der Waals surface area contributed by atoms with Gasteiger partial charge in [-0.15, -0.1) is 0 Å². The summed E-state index contributed by atoms with van der Waals surface area (Å²) in [6.45, 7) is 2.16. The molecule has 1 saturated heterocycles. The zero-order chi connectivity index (χ0) is 12.7. The summed E-state index contributed by atoms with van der Waals surface area (Å²) in [7, 11) is 0. The van der Waals surface area contributed by atoms with Crippen molar-refractivity contribution < 1.29 is 9.59 Å². The predicted molar refractivity (Wildman–Crippen MR) is 67.8 cm³/mol. The van der Waals surface area contributed by atoms with Crippen LogP contribution in [0.25, 0.3) is 0 Å². The van der Waals surface area contributed by atoms with Gasteiger partial charge in [0.2, 0.25) is 11.8 Å². The van der Waals surface area contributed by atoms with E-state index in [0.717, 1.165) is 12.8 Å². The number of imide groups is 1. The number of likely N-dealkylation sites (tertiary alicyclic amines) is 1. The Kier molecular flexibility index (Phi) is 3.14. The Bertz CT molecular complexity index is 359. The highest BCUT2D eigenvalue weighted by Gasteiger charge is 2.46. The highest BCUT2D eigenvalue weighted by molar-refractivity contribution is 6.06. The van der Waals surface area contributed by atoms with Crippen LogP contribution in [0.4, 0.5) is 0 Å². The molecule has 1 aliphatic heterocycles. The van der Waals surface area contributed by atoms with Gasteiger partial charge in [-0.2, -0.15) is 0 Å². The van der Waals surface area contributed by atoms with E-state index in [4.69, 9.17) is 0 Å². The first-order valence-electron chi connectivity index (χ1n) is 7.29. The van der Waals surface area contributed by atoms with Crippen molar-refractivity contribution in [2.45, 2.75) is 70.0 Å². The summed E-state index contributed by atoms with van der Waals surface area (Å²) in [6.07, 6.45) is 7.51. The second-order valence-corrected chi connectivity index (χ2v) is 6.09. The van der Waals surface area contributed by atoms with Crippen LogP contribution < -0.4 is 5.32 Å². The Morgan fingerprint density at radius 1 is 1.17 bits per heavy atom. The summed E-state index contributed by atoms with van der Waals surface area (Å²) in [6, 6.07) is 0.320. The Balaban J connectivity index is 1.59. The van der Waals surface area contributed by atoms with E-state index in [0.29, 0.717) is 18.4 Å². The van der Waals surface area contributed by atoms with Crippen LogP contribution in [-0.4, -0.2) is 34.8 Å². The van der Waals surface area contributed by atoms with Gasteiger partial charge in [-0.25, -0.2) is 0 Å². The highest BCUT2D eigenvalue weighted by Crippen LogP contribution is 2.32. The van der Waals surface area contributed by atoms with E-state index in [9.17, 15) is 9.59 Å². The van der Waals surface area contributed by atoms with E-state index < -0.39 is 0 Å². The van der Waals surface area contributed by atoms with E-state index in [-0.39, 0.29) is 23.9 Å². The van der Waals surface area contributed by atoms with E-state index in [2.05, 4.69) is 12.2 Å². The molecule has 4 nitrogen and oxygen atoms in total. The molecule has 2 saturated carbocycles. The van der Waals surface area contributed by atoms with Crippen LogP contribution in [0.5, 0.6) is 0 Å². The SMILES string of the molecule is CC(NC1CC(=O)N(C2CC2)C1=O)C1CCCC1. The fourth-order valence-electron chi connectivity index (χ4n) is 3.41. The number of rotatable bonds is 4. The van der Waals surface area contributed by atoms with Crippen molar-refractivity contribution in [3.8, 4) is 0 Å². The molecule has 0 bridgehead atoms. The molecule has 0 radical (unpaired) electrons. The Morgan fingerprint density at radius 3 is 2.44 bits per heavy atom. The minimum absolute atomic E-state index is 0.0207. The van der Waals surface area contributed by atoms with Crippen molar-refractivity contribution >= 4 is 11.8 Å². The van der Waals surface area contributed by atoms with Gasteiger partial charge in [0.1, 0.15) is 0 Å². The molecule has 0 aromatic rings. The van der Waals surface area contributed by atoms with Crippen molar-refractivity contribution in [1.82, 2.24) is 10.2 Å². The molecule has 3 aliphatic rings. The van der Waals surface area contributed by atoms with Gasteiger partial charge in [0.25, 0.3) is 0 Å². The molecule has 0 spiro atoms. The van der Waals surface area contributed by atoms with Gasteiger partial charge in [0.05, 0.1) is 12.5 Å². The van der Waals surface area contributed by atoms with E-state index >= 15 is 0 Å². The van der Waals surface area contributed by atoms with Gasteiger partial charge in [0.15, 0.2) is 0 Å². The fraction of sp³-hybridized carbons (Fsp3) is 0.857. The summed E-state index contributed by atoms with van der Waals surface area (Å²) >= 11 is 0. The van der Waals surface area contributed by atoms with Gasteiger partial charge in [-0.1, -0.05) is 12.8 Å². The molecule has 2 amide bonds.